The Morgan fingerprint density at radius 1 is 1.12 bits per heavy atom. The first-order chi connectivity index (χ1) is 7.88. The SMILES string of the molecule is [Br][Mg][CH2]c1ccc(SC2CCCCC2)cc1. The molecule has 0 bridgehead atoms. The molecule has 16 heavy (non-hydrogen) atoms. The van der Waals surface area contributed by atoms with Crippen molar-refractivity contribution in [1.29, 1.82) is 0 Å². The topological polar surface area (TPSA) is 0 Å². The molecule has 0 atom stereocenters. The van der Waals surface area contributed by atoms with Crippen molar-refractivity contribution in [3.8, 4) is 0 Å². The van der Waals surface area contributed by atoms with Crippen molar-refractivity contribution in [3.63, 3.8) is 0 Å². The highest BCUT2D eigenvalue weighted by Crippen LogP contribution is 2.33. The Bertz CT molecular complexity index is 306. The first-order valence-electron chi connectivity index (χ1n) is 6.20. The Balaban J connectivity index is 1.88. The van der Waals surface area contributed by atoms with Gasteiger partial charge in [0.2, 0.25) is 0 Å². The van der Waals surface area contributed by atoms with Gasteiger partial charge in [-0.3, -0.25) is 0 Å². The van der Waals surface area contributed by atoms with Crippen LogP contribution in [0.1, 0.15) is 37.7 Å². The highest BCUT2D eigenvalue weighted by Gasteiger charge is 2.14. The maximum Gasteiger partial charge on any atom is 0.473 e. The fraction of sp³-hybridized carbons (Fsp3) is 0.538. The van der Waals surface area contributed by atoms with E-state index >= 15 is 0 Å². The molecule has 1 aliphatic rings. The van der Waals surface area contributed by atoms with Crippen molar-refractivity contribution in [2.45, 2.75) is 46.8 Å². The Kier molecular flexibility index (Phi) is 6.04. The molecule has 0 aromatic heterocycles. The predicted octanol–water partition coefficient (Wildman–Crippen LogP) is 4.63. The molecule has 1 aromatic carbocycles. The van der Waals surface area contributed by atoms with Crippen LogP contribution in [0.4, 0.5) is 0 Å². The van der Waals surface area contributed by atoms with Gasteiger partial charge in [0.05, 0.1) is 0 Å². The average molecular weight is 310 g/mol. The van der Waals surface area contributed by atoms with Crippen LogP contribution in [0.15, 0.2) is 29.2 Å². The Morgan fingerprint density at radius 3 is 2.44 bits per heavy atom. The van der Waals surface area contributed by atoms with Gasteiger partial charge in [0, 0.05) is 10.1 Å². The van der Waals surface area contributed by atoms with E-state index in [9.17, 15) is 0 Å². The lowest BCUT2D eigenvalue weighted by molar-refractivity contribution is 0.516. The van der Waals surface area contributed by atoms with Crippen LogP contribution in [0.25, 0.3) is 0 Å². The van der Waals surface area contributed by atoms with E-state index in [2.05, 4.69) is 48.9 Å². The molecular formula is C13H17BrMgS. The number of halogens is 1. The number of hydrogen-bond donors (Lipinski definition) is 0. The zero-order valence-corrected chi connectivity index (χ0v) is 13.4. The lowest BCUT2D eigenvalue weighted by atomic mass is 10.0. The van der Waals surface area contributed by atoms with Gasteiger partial charge in [-0.15, -0.1) is 16.3 Å². The fourth-order valence-corrected chi connectivity index (χ4v) is 5.39. The molecule has 0 radical (unpaired) electrons. The third kappa shape index (κ3) is 4.24. The molecular weight excluding hydrogens is 292 g/mol. The van der Waals surface area contributed by atoms with Crippen LogP contribution in [0, 0.1) is 0 Å². The van der Waals surface area contributed by atoms with Crippen LogP contribution in [-0.4, -0.2) is 23.4 Å². The van der Waals surface area contributed by atoms with Crippen LogP contribution in [0.2, 0.25) is 0 Å². The molecule has 0 nitrogen and oxygen atoms in total. The molecule has 0 unspecified atom stereocenters. The second kappa shape index (κ2) is 7.29. The molecule has 1 saturated carbocycles. The van der Waals surface area contributed by atoms with Gasteiger partial charge in [-0.05, 0) is 25.0 Å². The fourth-order valence-electron chi connectivity index (χ4n) is 2.22. The molecule has 2 rings (SSSR count). The summed E-state index contributed by atoms with van der Waals surface area (Å²) in [5.74, 6) is 0. The van der Waals surface area contributed by atoms with E-state index in [4.69, 9.17) is 0 Å². The Labute approximate surface area is 119 Å². The molecule has 0 spiro atoms. The summed E-state index contributed by atoms with van der Waals surface area (Å²) < 4.78 is 1.27. The van der Waals surface area contributed by atoms with E-state index in [-0.39, 0.29) is 18.2 Å². The second-order valence-corrected chi connectivity index (χ2v) is 9.09. The molecule has 1 fully saturated rings. The highest BCUT2D eigenvalue weighted by atomic mass is 79.9. The normalized spacial score (nSPS) is 17.1. The monoisotopic (exact) mass is 308 g/mol. The summed E-state index contributed by atoms with van der Waals surface area (Å²) in [5, 5.41) is 0.880. The van der Waals surface area contributed by atoms with Gasteiger partial charge in [-0.1, -0.05) is 37.0 Å². The van der Waals surface area contributed by atoms with E-state index in [0.29, 0.717) is 0 Å². The maximum absolute atomic E-state index is 3.62. The van der Waals surface area contributed by atoms with Gasteiger partial charge in [0.25, 0.3) is 0 Å². The molecule has 0 saturated heterocycles. The van der Waals surface area contributed by atoms with Gasteiger partial charge in [0.15, 0.2) is 0 Å². The third-order valence-corrected chi connectivity index (χ3v) is 6.47. The van der Waals surface area contributed by atoms with Crippen molar-refractivity contribution < 1.29 is 0 Å². The van der Waals surface area contributed by atoms with Crippen molar-refractivity contribution >= 4 is 42.8 Å². The molecule has 0 N–H and O–H groups in total. The first-order valence-corrected chi connectivity index (χ1v) is 12.0. The predicted molar refractivity (Wildman–Crippen MR) is 77.6 cm³/mol. The van der Waals surface area contributed by atoms with E-state index < -0.39 is 0 Å². The molecule has 0 heterocycles. The van der Waals surface area contributed by atoms with Crippen molar-refractivity contribution in [2.75, 3.05) is 0 Å². The zero-order valence-electron chi connectivity index (χ0n) is 9.62. The third-order valence-electron chi connectivity index (χ3n) is 3.16. The minimum Gasteiger partial charge on any atom is -0.306 e. The summed E-state index contributed by atoms with van der Waals surface area (Å²) in [6, 6.07) is 9.23. The van der Waals surface area contributed by atoms with Gasteiger partial charge in [0.1, 0.15) is 0 Å². The smallest absolute Gasteiger partial charge is 0.306 e. The summed E-state index contributed by atoms with van der Waals surface area (Å²) in [5.41, 5.74) is 1.50. The van der Waals surface area contributed by atoms with Crippen LogP contribution < -0.4 is 0 Å². The Morgan fingerprint density at radius 2 is 1.81 bits per heavy atom. The van der Waals surface area contributed by atoms with Gasteiger partial charge in [-0.2, -0.15) is 0 Å². The number of benzene rings is 1. The molecule has 3 heteroatoms. The molecule has 0 aliphatic heterocycles. The molecule has 84 valence electrons. The van der Waals surface area contributed by atoms with Crippen LogP contribution >= 0.6 is 24.6 Å². The van der Waals surface area contributed by atoms with Gasteiger partial charge < -0.3 is 12.9 Å². The quantitative estimate of drug-likeness (QED) is 0.731. The summed E-state index contributed by atoms with van der Waals surface area (Å²) >= 11 is 5.69. The van der Waals surface area contributed by atoms with Crippen molar-refractivity contribution in [1.82, 2.24) is 0 Å². The molecule has 0 amide bonds. The highest BCUT2D eigenvalue weighted by molar-refractivity contribution is 9.23. The van der Waals surface area contributed by atoms with Crippen LogP contribution in [0.3, 0.4) is 0 Å². The van der Waals surface area contributed by atoms with E-state index in [1.807, 2.05) is 0 Å². The zero-order chi connectivity index (χ0) is 11.2. The first kappa shape index (κ1) is 13.3. The van der Waals surface area contributed by atoms with Crippen LogP contribution in [-0.2, 0) is 4.55 Å². The number of thioether (sulfide) groups is 1. The lowest BCUT2D eigenvalue weighted by Crippen LogP contribution is -2.07. The molecule has 1 aromatic rings. The number of hydrogen-bond acceptors (Lipinski definition) is 1. The minimum absolute atomic E-state index is 0.0162. The second-order valence-electron chi connectivity index (χ2n) is 4.46. The largest absolute Gasteiger partial charge is 0.473 e. The standard InChI is InChI=1S/C13H17S.BrH.Mg/c1-11-7-9-13(10-8-11)14-12-5-3-2-4-6-12;;/h7-10,12H,1-6H2;1H;/q;;+1/p-1. The maximum atomic E-state index is 3.62. The van der Waals surface area contributed by atoms with Crippen molar-refractivity contribution in [2.24, 2.45) is 0 Å². The van der Waals surface area contributed by atoms with E-state index in [1.165, 1.54) is 47.1 Å². The molecule has 1 aliphatic carbocycles. The number of rotatable bonds is 4. The van der Waals surface area contributed by atoms with Gasteiger partial charge >= 0.3 is 18.2 Å². The summed E-state index contributed by atoms with van der Waals surface area (Å²) in [6.45, 7) is 0. The minimum atomic E-state index is -0.0162. The van der Waals surface area contributed by atoms with E-state index in [0.717, 1.165) is 5.25 Å². The Hall–Kier alpha value is 0.816. The summed E-state index contributed by atoms with van der Waals surface area (Å²) in [4.78, 5) is 1.46. The van der Waals surface area contributed by atoms with Crippen LogP contribution in [0.5, 0.6) is 0 Å². The van der Waals surface area contributed by atoms with Gasteiger partial charge in [-0.25, -0.2) is 0 Å². The van der Waals surface area contributed by atoms with Crippen molar-refractivity contribution in [3.05, 3.63) is 29.8 Å². The summed E-state index contributed by atoms with van der Waals surface area (Å²) in [7, 11) is 0. The van der Waals surface area contributed by atoms with E-state index in [1.54, 1.807) is 0 Å². The lowest BCUT2D eigenvalue weighted by Gasteiger charge is -2.20. The average Bonchev–Trinajstić information content (AvgIpc) is 2.33. The summed E-state index contributed by atoms with van der Waals surface area (Å²) in [6.07, 6.45) is 7.16.